The van der Waals surface area contributed by atoms with Gasteiger partial charge in [-0.2, -0.15) is 0 Å². The van der Waals surface area contributed by atoms with Crippen LogP contribution in [0.4, 0.5) is 0 Å². The Hall–Kier alpha value is -0.900. The van der Waals surface area contributed by atoms with E-state index in [9.17, 15) is 0 Å². The molecule has 0 bridgehead atoms. The molecule has 3 heteroatoms. The quantitative estimate of drug-likeness (QED) is 0.808. The molecular weight excluding hydrogens is 200 g/mol. The van der Waals surface area contributed by atoms with Gasteiger partial charge in [0.25, 0.3) is 0 Å². The number of methoxy groups -OCH3 is 1. The van der Waals surface area contributed by atoms with Gasteiger partial charge in [0.2, 0.25) is 0 Å². The average molecular weight is 220 g/mol. The molecule has 1 heterocycles. The lowest BCUT2D eigenvalue weighted by molar-refractivity contribution is 0.172. The fraction of sp³-hybridized carbons (Fsp3) is 0.538. The number of hydrogen-bond acceptors (Lipinski definition) is 3. The number of benzene rings is 1. The molecule has 1 N–H and O–H groups in total. The van der Waals surface area contributed by atoms with Crippen LogP contribution in [0.5, 0.6) is 0 Å². The highest BCUT2D eigenvalue weighted by molar-refractivity contribution is 5.23. The van der Waals surface area contributed by atoms with Crippen LogP contribution < -0.4 is 5.32 Å². The molecule has 0 saturated carbocycles. The highest BCUT2D eigenvalue weighted by Gasteiger charge is 2.21. The number of hydrogen-bond donors (Lipinski definition) is 1. The molecule has 0 unspecified atom stereocenters. The highest BCUT2D eigenvalue weighted by Crippen LogP contribution is 2.11. The molecule has 16 heavy (non-hydrogen) atoms. The van der Waals surface area contributed by atoms with Crippen molar-refractivity contribution in [1.82, 2.24) is 10.2 Å². The first-order chi connectivity index (χ1) is 7.79. The largest absolute Gasteiger partial charge is 0.380 e. The molecule has 1 aliphatic rings. The van der Waals surface area contributed by atoms with E-state index in [0.29, 0.717) is 12.6 Å². The minimum Gasteiger partial charge on any atom is -0.380 e. The average Bonchev–Trinajstić information content (AvgIpc) is 2.15. The Kier molecular flexibility index (Phi) is 3.93. The van der Waals surface area contributed by atoms with Crippen molar-refractivity contribution in [2.45, 2.75) is 19.2 Å². The first-order valence-corrected chi connectivity index (χ1v) is 5.77. The first kappa shape index (κ1) is 11.6. The van der Waals surface area contributed by atoms with Gasteiger partial charge < -0.3 is 10.1 Å². The second kappa shape index (κ2) is 5.43. The molecule has 1 fully saturated rings. The fourth-order valence-electron chi connectivity index (χ4n) is 1.99. The zero-order valence-electron chi connectivity index (χ0n) is 10.1. The molecule has 88 valence electrons. The maximum atomic E-state index is 5.14. The first-order valence-electron chi connectivity index (χ1n) is 5.77. The van der Waals surface area contributed by atoms with E-state index in [0.717, 1.165) is 19.6 Å². The third-order valence-corrected chi connectivity index (χ3v) is 3.12. The van der Waals surface area contributed by atoms with Crippen LogP contribution in [0.25, 0.3) is 0 Å². The van der Waals surface area contributed by atoms with Gasteiger partial charge in [-0.3, -0.25) is 4.90 Å². The van der Waals surface area contributed by atoms with Crippen molar-refractivity contribution in [3.8, 4) is 0 Å². The molecule has 0 spiro atoms. The van der Waals surface area contributed by atoms with E-state index in [4.69, 9.17) is 4.74 Å². The van der Waals surface area contributed by atoms with Gasteiger partial charge in [0.15, 0.2) is 0 Å². The fourth-order valence-corrected chi connectivity index (χ4v) is 1.99. The van der Waals surface area contributed by atoms with Gasteiger partial charge in [0.05, 0.1) is 6.61 Å². The van der Waals surface area contributed by atoms with Crippen molar-refractivity contribution in [3.05, 3.63) is 35.4 Å². The van der Waals surface area contributed by atoms with Crippen LogP contribution in [-0.4, -0.2) is 38.2 Å². The molecule has 1 aromatic rings. The van der Waals surface area contributed by atoms with E-state index in [1.165, 1.54) is 11.1 Å². The highest BCUT2D eigenvalue weighted by atomic mass is 16.5. The van der Waals surface area contributed by atoms with Gasteiger partial charge >= 0.3 is 0 Å². The van der Waals surface area contributed by atoms with Crippen molar-refractivity contribution >= 4 is 0 Å². The van der Waals surface area contributed by atoms with Crippen LogP contribution in [0, 0.1) is 0 Å². The summed E-state index contributed by atoms with van der Waals surface area (Å²) in [7, 11) is 3.92. The molecule has 0 radical (unpaired) electrons. The van der Waals surface area contributed by atoms with Crippen molar-refractivity contribution < 1.29 is 4.74 Å². The Morgan fingerprint density at radius 1 is 1.38 bits per heavy atom. The lowest BCUT2D eigenvalue weighted by Gasteiger charge is -2.35. The van der Waals surface area contributed by atoms with Crippen LogP contribution in [-0.2, 0) is 17.9 Å². The molecule has 1 aromatic carbocycles. The molecule has 2 rings (SSSR count). The zero-order chi connectivity index (χ0) is 11.4. The molecule has 0 atom stereocenters. The van der Waals surface area contributed by atoms with Crippen molar-refractivity contribution in [3.63, 3.8) is 0 Å². The van der Waals surface area contributed by atoms with E-state index in [2.05, 4.69) is 41.5 Å². The van der Waals surface area contributed by atoms with E-state index in [1.54, 1.807) is 7.11 Å². The standard InChI is InChI=1S/C13H20N2O/c1-15(13-7-14-8-13)9-11-4-3-5-12(6-11)10-16-2/h3-6,13-14H,7-10H2,1-2H3. The monoisotopic (exact) mass is 220 g/mol. The zero-order valence-corrected chi connectivity index (χ0v) is 10.1. The van der Waals surface area contributed by atoms with Crippen LogP contribution in [0.2, 0.25) is 0 Å². The Balaban J connectivity index is 1.94. The molecule has 1 aliphatic heterocycles. The summed E-state index contributed by atoms with van der Waals surface area (Å²) in [5.74, 6) is 0. The van der Waals surface area contributed by atoms with Crippen LogP contribution in [0.3, 0.4) is 0 Å². The minimum atomic E-state index is 0.697. The molecular formula is C13H20N2O. The lowest BCUT2D eigenvalue weighted by Crippen LogP contribution is -2.55. The summed E-state index contributed by atoms with van der Waals surface area (Å²) in [6.07, 6.45) is 0. The van der Waals surface area contributed by atoms with Crippen LogP contribution >= 0.6 is 0 Å². The SMILES string of the molecule is COCc1cccc(CN(C)C2CNC2)c1. The van der Waals surface area contributed by atoms with E-state index < -0.39 is 0 Å². The summed E-state index contributed by atoms with van der Waals surface area (Å²) in [5.41, 5.74) is 2.61. The van der Waals surface area contributed by atoms with Gasteiger partial charge in [-0.1, -0.05) is 24.3 Å². The second-order valence-corrected chi connectivity index (χ2v) is 4.48. The number of rotatable bonds is 5. The molecule has 0 aliphatic carbocycles. The summed E-state index contributed by atoms with van der Waals surface area (Å²) in [6, 6.07) is 9.33. The minimum absolute atomic E-state index is 0.697. The topological polar surface area (TPSA) is 24.5 Å². The summed E-state index contributed by atoms with van der Waals surface area (Å²) in [4.78, 5) is 2.41. The predicted molar refractivity (Wildman–Crippen MR) is 65.3 cm³/mol. The normalized spacial score (nSPS) is 16.4. The number of nitrogens with one attached hydrogen (secondary N) is 1. The number of ether oxygens (including phenoxy) is 1. The second-order valence-electron chi connectivity index (χ2n) is 4.48. The van der Waals surface area contributed by atoms with Gasteiger partial charge in [-0.15, -0.1) is 0 Å². The van der Waals surface area contributed by atoms with E-state index >= 15 is 0 Å². The maximum Gasteiger partial charge on any atom is 0.0713 e. The summed E-state index contributed by atoms with van der Waals surface area (Å²) < 4.78 is 5.14. The summed E-state index contributed by atoms with van der Waals surface area (Å²) in [6.45, 7) is 3.95. The molecule has 1 saturated heterocycles. The Labute approximate surface area is 97.4 Å². The van der Waals surface area contributed by atoms with E-state index in [-0.39, 0.29) is 0 Å². The number of likely N-dealkylation sites (N-methyl/N-ethyl adjacent to an activating group) is 1. The van der Waals surface area contributed by atoms with Crippen molar-refractivity contribution in [2.75, 3.05) is 27.2 Å². The Bertz CT molecular complexity index is 336. The van der Waals surface area contributed by atoms with Gasteiger partial charge in [-0.05, 0) is 18.2 Å². The summed E-state index contributed by atoms with van der Waals surface area (Å²) >= 11 is 0. The van der Waals surface area contributed by atoms with Gasteiger partial charge in [-0.25, -0.2) is 0 Å². The van der Waals surface area contributed by atoms with Crippen LogP contribution in [0.15, 0.2) is 24.3 Å². The predicted octanol–water partition coefficient (Wildman–Crippen LogP) is 1.24. The smallest absolute Gasteiger partial charge is 0.0713 e. The van der Waals surface area contributed by atoms with Crippen LogP contribution in [0.1, 0.15) is 11.1 Å². The third-order valence-electron chi connectivity index (χ3n) is 3.12. The van der Waals surface area contributed by atoms with Gasteiger partial charge in [0.1, 0.15) is 0 Å². The number of nitrogens with zero attached hydrogens (tertiary/aromatic N) is 1. The third kappa shape index (κ3) is 2.82. The van der Waals surface area contributed by atoms with Crippen molar-refractivity contribution in [1.29, 1.82) is 0 Å². The maximum absolute atomic E-state index is 5.14. The molecule has 0 amide bonds. The van der Waals surface area contributed by atoms with Gasteiger partial charge in [0, 0.05) is 32.8 Å². The van der Waals surface area contributed by atoms with E-state index in [1.807, 2.05) is 0 Å². The Morgan fingerprint density at radius 2 is 2.12 bits per heavy atom. The summed E-state index contributed by atoms with van der Waals surface area (Å²) in [5, 5.41) is 3.30. The Morgan fingerprint density at radius 3 is 2.75 bits per heavy atom. The molecule has 0 aromatic heterocycles. The lowest BCUT2D eigenvalue weighted by atomic mass is 10.1. The molecule has 3 nitrogen and oxygen atoms in total. The van der Waals surface area contributed by atoms with Crippen molar-refractivity contribution in [2.24, 2.45) is 0 Å².